The SMILES string of the molecule is O=C(Nc1cc(Cl)cc(Cl)c1)c1cc(S(=O)(=O)O)ccc1F. The van der Waals surface area contributed by atoms with Gasteiger partial charge in [-0.3, -0.25) is 9.35 Å². The van der Waals surface area contributed by atoms with Crippen molar-refractivity contribution in [2.45, 2.75) is 4.90 Å². The number of carbonyl (C=O) groups is 1. The Morgan fingerprint density at radius 3 is 2.23 bits per heavy atom. The van der Waals surface area contributed by atoms with Gasteiger partial charge in [-0.1, -0.05) is 23.2 Å². The summed E-state index contributed by atoms with van der Waals surface area (Å²) in [6, 6.07) is 6.55. The average Bonchev–Trinajstić information content (AvgIpc) is 2.36. The van der Waals surface area contributed by atoms with Crippen molar-refractivity contribution >= 4 is 44.9 Å². The van der Waals surface area contributed by atoms with Gasteiger partial charge in [0.2, 0.25) is 0 Å². The van der Waals surface area contributed by atoms with Gasteiger partial charge in [-0.15, -0.1) is 0 Å². The van der Waals surface area contributed by atoms with E-state index in [1.165, 1.54) is 18.2 Å². The van der Waals surface area contributed by atoms with Gasteiger partial charge in [0.1, 0.15) is 5.82 Å². The minimum absolute atomic E-state index is 0.208. The van der Waals surface area contributed by atoms with Crippen LogP contribution in [0.15, 0.2) is 41.3 Å². The van der Waals surface area contributed by atoms with Crippen molar-refractivity contribution in [3.63, 3.8) is 0 Å². The standard InChI is InChI=1S/C13H8Cl2FNO4S/c14-7-3-8(15)5-9(4-7)17-13(18)11-6-10(22(19,20)21)1-2-12(11)16/h1-6H,(H,17,18)(H,19,20,21). The van der Waals surface area contributed by atoms with Crippen LogP contribution in [0.1, 0.15) is 10.4 Å². The summed E-state index contributed by atoms with van der Waals surface area (Å²) in [4.78, 5) is 11.4. The Labute approximate surface area is 135 Å². The van der Waals surface area contributed by atoms with Gasteiger partial charge < -0.3 is 5.32 Å². The van der Waals surface area contributed by atoms with E-state index in [2.05, 4.69) is 5.32 Å². The van der Waals surface area contributed by atoms with Crippen LogP contribution in [0.25, 0.3) is 0 Å². The van der Waals surface area contributed by atoms with Gasteiger partial charge in [0.05, 0.1) is 10.5 Å². The third kappa shape index (κ3) is 3.95. The van der Waals surface area contributed by atoms with Crippen LogP contribution in [-0.2, 0) is 10.1 Å². The van der Waals surface area contributed by atoms with Crippen molar-refractivity contribution in [3.8, 4) is 0 Å². The average molecular weight is 364 g/mol. The smallest absolute Gasteiger partial charge is 0.294 e. The molecule has 0 radical (unpaired) electrons. The molecule has 0 saturated carbocycles. The van der Waals surface area contributed by atoms with Crippen LogP contribution in [0.3, 0.4) is 0 Å². The molecule has 0 heterocycles. The molecule has 2 rings (SSSR count). The van der Waals surface area contributed by atoms with E-state index >= 15 is 0 Å². The topological polar surface area (TPSA) is 83.5 Å². The summed E-state index contributed by atoms with van der Waals surface area (Å²) in [6.45, 7) is 0. The quantitative estimate of drug-likeness (QED) is 0.815. The van der Waals surface area contributed by atoms with Gasteiger partial charge in [-0.2, -0.15) is 8.42 Å². The van der Waals surface area contributed by atoms with Crippen LogP contribution in [0, 0.1) is 5.82 Å². The van der Waals surface area contributed by atoms with Crippen LogP contribution in [0.4, 0.5) is 10.1 Å². The van der Waals surface area contributed by atoms with Gasteiger partial charge in [0, 0.05) is 15.7 Å². The fraction of sp³-hybridized carbons (Fsp3) is 0. The number of hydrogen-bond donors (Lipinski definition) is 2. The van der Waals surface area contributed by atoms with E-state index in [4.69, 9.17) is 27.8 Å². The van der Waals surface area contributed by atoms with Crippen LogP contribution in [0.2, 0.25) is 10.0 Å². The van der Waals surface area contributed by atoms with E-state index in [9.17, 15) is 17.6 Å². The van der Waals surface area contributed by atoms with Crippen molar-refractivity contribution in [3.05, 3.63) is 57.8 Å². The summed E-state index contributed by atoms with van der Waals surface area (Å²) in [7, 11) is -4.55. The van der Waals surface area contributed by atoms with Gasteiger partial charge in [-0.05, 0) is 36.4 Å². The third-order valence-electron chi connectivity index (χ3n) is 2.60. The molecule has 0 spiro atoms. The maximum absolute atomic E-state index is 13.7. The Hall–Kier alpha value is -1.67. The first kappa shape index (κ1) is 16.7. The molecule has 0 aliphatic carbocycles. The molecule has 0 unspecified atom stereocenters. The predicted molar refractivity (Wildman–Crippen MR) is 80.6 cm³/mol. The summed E-state index contributed by atoms with van der Waals surface area (Å²) in [5.41, 5.74) is -0.342. The number of carbonyl (C=O) groups excluding carboxylic acids is 1. The Morgan fingerprint density at radius 2 is 1.68 bits per heavy atom. The summed E-state index contributed by atoms with van der Waals surface area (Å²) < 4.78 is 44.7. The number of anilines is 1. The lowest BCUT2D eigenvalue weighted by Crippen LogP contribution is -2.15. The second-order valence-corrected chi connectivity index (χ2v) is 6.52. The summed E-state index contributed by atoms with van der Waals surface area (Å²) >= 11 is 11.5. The van der Waals surface area contributed by atoms with Gasteiger partial charge in [0.15, 0.2) is 0 Å². The largest absolute Gasteiger partial charge is 0.322 e. The van der Waals surface area contributed by atoms with Crippen LogP contribution < -0.4 is 5.32 Å². The zero-order valence-corrected chi connectivity index (χ0v) is 13.0. The number of benzene rings is 2. The Morgan fingerprint density at radius 1 is 1.09 bits per heavy atom. The van der Waals surface area contributed by atoms with Crippen molar-refractivity contribution in [2.24, 2.45) is 0 Å². The van der Waals surface area contributed by atoms with Crippen LogP contribution in [0.5, 0.6) is 0 Å². The van der Waals surface area contributed by atoms with Crippen LogP contribution in [-0.4, -0.2) is 18.9 Å². The molecule has 0 bridgehead atoms. The van der Waals surface area contributed by atoms with E-state index in [0.717, 1.165) is 18.2 Å². The minimum Gasteiger partial charge on any atom is -0.322 e. The van der Waals surface area contributed by atoms with Crippen molar-refractivity contribution in [2.75, 3.05) is 5.32 Å². The van der Waals surface area contributed by atoms with Gasteiger partial charge >= 0.3 is 0 Å². The van der Waals surface area contributed by atoms with E-state index in [0.29, 0.717) is 0 Å². The molecular weight excluding hydrogens is 356 g/mol. The third-order valence-corrected chi connectivity index (χ3v) is 3.89. The van der Waals surface area contributed by atoms with Crippen molar-refractivity contribution in [1.29, 1.82) is 0 Å². The molecule has 2 N–H and O–H groups in total. The van der Waals surface area contributed by atoms with Gasteiger partial charge in [0.25, 0.3) is 16.0 Å². The second kappa shape index (κ2) is 6.21. The first-order valence-electron chi connectivity index (χ1n) is 5.71. The molecule has 0 aromatic heterocycles. The lowest BCUT2D eigenvalue weighted by molar-refractivity contribution is 0.102. The first-order valence-corrected chi connectivity index (χ1v) is 7.91. The zero-order chi connectivity index (χ0) is 16.5. The lowest BCUT2D eigenvalue weighted by atomic mass is 10.2. The molecule has 2 aromatic rings. The molecule has 0 aliphatic rings. The zero-order valence-electron chi connectivity index (χ0n) is 10.7. The summed E-state index contributed by atoms with van der Waals surface area (Å²) in [5.74, 6) is -1.86. The molecule has 1 amide bonds. The van der Waals surface area contributed by atoms with Crippen LogP contribution >= 0.6 is 23.2 Å². The number of nitrogens with one attached hydrogen (secondary N) is 1. The summed E-state index contributed by atoms with van der Waals surface area (Å²) in [5, 5.41) is 2.85. The Bertz CT molecular complexity index is 835. The Balaban J connectivity index is 2.37. The highest BCUT2D eigenvalue weighted by Gasteiger charge is 2.18. The highest BCUT2D eigenvalue weighted by atomic mass is 35.5. The molecule has 0 saturated heterocycles. The second-order valence-electron chi connectivity index (χ2n) is 4.23. The highest BCUT2D eigenvalue weighted by molar-refractivity contribution is 7.85. The first-order chi connectivity index (χ1) is 10.2. The highest BCUT2D eigenvalue weighted by Crippen LogP contribution is 2.23. The monoisotopic (exact) mass is 363 g/mol. The fourth-order valence-corrected chi connectivity index (χ4v) is 2.70. The molecule has 0 atom stereocenters. The molecule has 0 fully saturated rings. The maximum Gasteiger partial charge on any atom is 0.294 e. The number of halogens is 3. The minimum atomic E-state index is -4.55. The lowest BCUT2D eigenvalue weighted by Gasteiger charge is -2.08. The number of rotatable bonds is 3. The number of hydrogen-bond acceptors (Lipinski definition) is 3. The Kier molecular flexibility index (Phi) is 4.72. The molecule has 9 heteroatoms. The molecule has 0 aliphatic heterocycles. The van der Waals surface area contributed by atoms with E-state index in [1.54, 1.807) is 0 Å². The summed E-state index contributed by atoms with van der Waals surface area (Å²) in [6.07, 6.45) is 0. The predicted octanol–water partition coefficient (Wildman–Crippen LogP) is 3.63. The van der Waals surface area contributed by atoms with E-state index < -0.39 is 32.3 Å². The van der Waals surface area contributed by atoms with Crippen molar-refractivity contribution in [1.82, 2.24) is 0 Å². The molecule has 116 valence electrons. The van der Waals surface area contributed by atoms with Gasteiger partial charge in [-0.25, -0.2) is 4.39 Å². The molecule has 5 nitrogen and oxygen atoms in total. The molecule has 2 aromatic carbocycles. The van der Waals surface area contributed by atoms with E-state index in [-0.39, 0.29) is 15.7 Å². The normalized spacial score (nSPS) is 11.3. The number of amides is 1. The molecule has 22 heavy (non-hydrogen) atoms. The maximum atomic E-state index is 13.7. The fourth-order valence-electron chi connectivity index (χ4n) is 1.66. The van der Waals surface area contributed by atoms with Crippen molar-refractivity contribution < 1.29 is 22.2 Å². The van der Waals surface area contributed by atoms with E-state index in [1.807, 2.05) is 0 Å². The molecular formula is C13H8Cl2FNO4S.